The summed E-state index contributed by atoms with van der Waals surface area (Å²) in [6, 6.07) is 23.4. The molecular weight excluding hydrogens is 496 g/mol. The first-order valence-electron chi connectivity index (χ1n) is 12.4. The van der Waals surface area contributed by atoms with Gasteiger partial charge in [-0.05, 0) is 39.2 Å². The number of methoxy groups -OCH3 is 2. The molecule has 194 valence electrons. The van der Waals surface area contributed by atoms with Crippen molar-refractivity contribution in [3.8, 4) is 22.8 Å². The molecule has 8 heteroatoms. The van der Waals surface area contributed by atoms with Crippen molar-refractivity contribution in [1.29, 1.82) is 0 Å². The van der Waals surface area contributed by atoms with Crippen LogP contribution >= 0.6 is 11.3 Å². The number of rotatable bonds is 9. The van der Waals surface area contributed by atoms with Crippen LogP contribution < -0.4 is 14.4 Å². The zero-order valence-electron chi connectivity index (χ0n) is 22.0. The van der Waals surface area contributed by atoms with Crippen molar-refractivity contribution in [3.63, 3.8) is 0 Å². The molecule has 3 aromatic carbocycles. The fourth-order valence-electron chi connectivity index (χ4n) is 4.44. The van der Waals surface area contributed by atoms with Crippen molar-refractivity contribution in [1.82, 2.24) is 14.9 Å². The summed E-state index contributed by atoms with van der Waals surface area (Å²) in [7, 11) is 7.28. The molecule has 2 aromatic heterocycles. The number of carbonyl (C=O) groups is 1. The minimum absolute atomic E-state index is 0.0995. The van der Waals surface area contributed by atoms with E-state index in [4.69, 9.17) is 19.4 Å². The second-order valence-electron chi connectivity index (χ2n) is 9.22. The van der Waals surface area contributed by atoms with E-state index in [9.17, 15) is 4.79 Å². The number of aromatic nitrogens is 2. The maximum Gasteiger partial charge on any atom is 0.260 e. The third-order valence-corrected chi connectivity index (χ3v) is 7.40. The molecule has 0 spiro atoms. The van der Waals surface area contributed by atoms with Crippen molar-refractivity contribution < 1.29 is 14.3 Å². The second kappa shape index (κ2) is 11.2. The van der Waals surface area contributed by atoms with Gasteiger partial charge in [0.2, 0.25) is 0 Å². The molecule has 38 heavy (non-hydrogen) atoms. The molecule has 0 atom stereocenters. The van der Waals surface area contributed by atoms with Gasteiger partial charge in [-0.25, -0.2) is 9.97 Å². The van der Waals surface area contributed by atoms with Crippen LogP contribution in [0.5, 0.6) is 11.5 Å². The predicted octanol–water partition coefficient (Wildman–Crippen LogP) is 6.13. The monoisotopic (exact) mass is 526 g/mol. The number of thiazole rings is 1. The number of fused-ring (bicyclic) bond motifs is 2. The lowest BCUT2D eigenvalue weighted by Crippen LogP contribution is -2.33. The first-order valence-corrected chi connectivity index (χ1v) is 13.2. The average molecular weight is 527 g/mol. The van der Waals surface area contributed by atoms with E-state index in [1.807, 2.05) is 86.9 Å². The first-order chi connectivity index (χ1) is 18.5. The minimum Gasteiger partial charge on any atom is -0.493 e. The molecule has 0 aliphatic rings. The third-order valence-electron chi connectivity index (χ3n) is 6.36. The maximum atomic E-state index is 14.3. The molecule has 0 fully saturated rings. The van der Waals surface area contributed by atoms with E-state index >= 15 is 0 Å². The van der Waals surface area contributed by atoms with Crippen LogP contribution in [0.4, 0.5) is 5.13 Å². The van der Waals surface area contributed by atoms with Crippen molar-refractivity contribution in [2.45, 2.75) is 6.42 Å². The normalized spacial score (nSPS) is 11.3. The molecule has 0 bridgehead atoms. The Bertz CT molecular complexity index is 1540. The highest BCUT2D eigenvalue weighted by Crippen LogP contribution is 2.38. The van der Waals surface area contributed by atoms with E-state index in [-0.39, 0.29) is 5.91 Å². The van der Waals surface area contributed by atoms with Gasteiger partial charge >= 0.3 is 0 Å². The molecule has 0 aliphatic carbocycles. The molecule has 0 saturated heterocycles. The number of carbonyl (C=O) groups excluding carboxylic acids is 1. The summed E-state index contributed by atoms with van der Waals surface area (Å²) >= 11 is 1.47. The number of amides is 1. The van der Waals surface area contributed by atoms with Crippen LogP contribution in [-0.2, 0) is 0 Å². The highest BCUT2D eigenvalue weighted by molar-refractivity contribution is 7.22. The summed E-state index contributed by atoms with van der Waals surface area (Å²) in [5.74, 6) is 1.14. The number of nitrogens with zero attached hydrogens (tertiary/aromatic N) is 4. The van der Waals surface area contributed by atoms with E-state index in [0.717, 1.165) is 45.3 Å². The summed E-state index contributed by atoms with van der Waals surface area (Å²) in [5.41, 5.74) is 3.88. The van der Waals surface area contributed by atoms with Gasteiger partial charge in [0.1, 0.15) is 0 Å². The maximum absolute atomic E-state index is 14.3. The van der Waals surface area contributed by atoms with Crippen LogP contribution in [0, 0.1) is 0 Å². The number of anilines is 1. The smallest absolute Gasteiger partial charge is 0.260 e. The molecule has 0 unspecified atom stereocenters. The molecule has 5 rings (SSSR count). The number of benzene rings is 3. The van der Waals surface area contributed by atoms with Crippen LogP contribution in [0.15, 0.2) is 72.8 Å². The number of pyridine rings is 1. The lowest BCUT2D eigenvalue weighted by molar-refractivity contribution is 0.0987. The minimum atomic E-state index is -0.0995. The number of ether oxygens (including phenoxy) is 2. The van der Waals surface area contributed by atoms with Crippen LogP contribution in [-0.4, -0.2) is 62.2 Å². The molecule has 0 N–H and O–H groups in total. The Kier molecular flexibility index (Phi) is 7.53. The van der Waals surface area contributed by atoms with Gasteiger partial charge in [0, 0.05) is 29.6 Å². The van der Waals surface area contributed by atoms with Gasteiger partial charge in [0.25, 0.3) is 5.91 Å². The zero-order valence-corrected chi connectivity index (χ0v) is 22.8. The number of hydrogen-bond acceptors (Lipinski definition) is 7. The summed E-state index contributed by atoms with van der Waals surface area (Å²) in [5, 5.41) is 1.46. The van der Waals surface area contributed by atoms with E-state index in [1.165, 1.54) is 11.3 Å². The van der Waals surface area contributed by atoms with Crippen LogP contribution in [0.3, 0.4) is 0 Å². The fourth-order valence-corrected chi connectivity index (χ4v) is 5.44. The Balaban J connectivity index is 1.62. The molecule has 7 nitrogen and oxygen atoms in total. The topological polar surface area (TPSA) is 67.8 Å². The van der Waals surface area contributed by atoms with Gasteiger partial charge in [-0.3, -0.25) is 9.69 Å². The zero-order chi connectivity index (χ0) is 26.6. The van der Waals surface area contributed by atoms with Gasteiger partial charge in [0.15, 0.2) is 16.6 Å². The van der Waals surface area contributed by atoms with Crippen LogP contribution in [0.25, 0.3) is 32.4 Å². The van der Waals surface area contributed by atoms with Crippen LogP contribution in [0.1, 0.15) is 16.8 Å². The van der Waals surface area contributed by atoms with Crippen molar-refractivity contribution >= 4 is 43.5 Å². The largest absolute Gasteiger partial charge is 0.493 e. The molecule has 1 amide bonds. The highest BCUT2D eigenvalue weighted by atomic mass is 32.1. The molecule has 0 aliphatic heterocycles. The van der Waals surface area contributed by atoms with Crippen molar-refractivity contribution in [3.05, 3.63) is 78.4 Å². The van der Waals surface area contributed by atoms with Gasteiger partial charge < -0.3 is 14.4 Å². The quantitative estimate of drug-likeness (QED) is 0.230. The Labute approximate surface area is 226 Å². The fraction of sp³-hybridized carbons (Fsp3) is 0.233. The summed E-state index contributed by atoms with van der Waals surface area (Å²) in [4.78, 5) is 28.0. The van der Waals surface area contributed by atoms with Gasteiger partial charge in [-0.2, -0.15) is 0 Å². The van der Waals surface area contributed by atoms with Crippen LogP contribution in [0.2, 0.25) is 0 Å². The van der Waals surface area contributed by atoms with E-state index in [0.29, 0.717) is 28.7 Å². The Morgan fingerprint density at radius 3 is 2.29 bits per heavy atom. The molecule has 0 saturated carbocycles. The summed E-state index contributed by atoms with van der Waals surface area (Å²) < 4.78 is 11.9. The number of para-hydroxylation sites is 1. The summed E-state index contributed by atoms with van der Waals surface area (Å²) in [6.07, 6.45) is 0.801. The van der Waals surface area contributed by atoms with Crippen molar-refractivity contribution in [2.75, 3.05) is 46.3 Å². The van der Waals surface area contributed by atoms with Gasteiger partial charge in [-0.1, -0.05) is 59.9 Å². The summed E-state index contributed by atoms with van der Waals surface area (Å²) in [6.45, 7) is 1.38. The average Bonchev–Trinajstić information content (AvgIpc) is 3.36. The highest BCUT2D eigenvalue weighted by Gasteiger charge is 2.25. The SMILES string of the molecule is COc1cc2nc(N(CCCN(C)C)C(=O)c3cc(-c4ccccc4)nc4ccccc34)sc2cc1OC. The van der Waals surface area contributed by atoms with Crippen molar-refractivity contribution in [2.24, 2.45) is 0 Å². The van der Waals surface area contributed by atoms with E-state index < -0.39 is 0 Å². The molecule has 5 aromatic rings. The molecular formula is C30H30N4O3S. The van der Waals surface area contributed by atoms with Gasteiger partial charge in [-0.15, -0.1) is 0 Å². The van der Waals surface area contributed by atoms with Gasteiger partial charge in [0.05, 0.1) is 41.2 Å². The lowest BCUT2D eigenvalue weighted by Gasteiger charge is -2.22. The predicted molar refractivity (Wildman–Crippen MR) is 155 cm³/mol. The standard InChI is InChI=1S/C30H30N4O3S/c1-33(2)15-10-16-34(30-32-25-18-26(36-3)27(37-4)19-28(25)38-30)29(35)22-17-24(20-11-6-5-7-12-20)31-23-14-9-8-13-21(22)23/h5-9,11-14,17-19H,10,15-16H2,1-4H3. The third kappa shape index (κ3) is 5.18. The Morgan fingerprint density at radius 1 is 0.842 bits per heavy atom. The van der Waals surface area contributed by atoms with E-state index in [1.54, 1.807) is 19.1 Å². The van der Waals surface area contributed by atoms with E-state index in [2.05, 4.69) is 4.90 Å². The molecule has 0 radical (unpaired) electrons. The number of hydrogen-bond donors (Lipinski definition) is 0. The first kappa shape index (κ1) is 25.6. The second-order valence-corrected chi connectivity index (χ2v) is 10.2. The molecule has 2 heterocycles. The Morgan fingerprint density at radius 2 is 1.55 bits per heavy atom. The lowest BCUT2D eigenvalue weighted by atomic mass is 10.0. The Hall–Kier alpha value is -4.01.